The van der Waals surface area contributed by atoms with E-state index in [1.54, 1.807) is 7.11 Å². The third-order valence-electron chi connectivity index (χ3n) is 3.11. The molecule has 1 rings (SSSR count). The Morgan fingerprint density at radius 2 is 2.07 bits per heavy atom. The van der Waals surface area contributed by atoms with Crippen molar-refractivity contribution in [2.24, 2.45) is 0 Å². The molecule has 1 fully saturated rings. The fraction of sp³-hybridized carbons (Fsp3) is 0.909. The van der Waals surface area contributed by atoms with Gasteiger partial charge >= 0.3 is 5.97 Å². The van der Waals surface area contributed by atoms with Crippen LogP contribution in [0.15, 0.2) is 0 Å². The summed E-state index contributed by atoms with van der Waals surface area (Å²) in [6.07, 6.45) is 5.58. The topological polar surface area (TPSA) is 58.6 Å². The molecule has 0 amide bonds. The first-order chi connectivity index (χ1) is 7.21. The molecule has 1 saturated carbocycles. The average molecular weight is 215 g/mol. The van der Waals surface area contributed by atoms with Gasteiger partial charge in [-0.15, -0.1) is 0 Å². The van der Waals surface area contributed by atoms with Gasteiger partial charge < -0.3 is 15.2 Å². The highest BCUT2D eigenvalue weighted by molar-refractivity contribution is 5.78. The second-order valence-electron chi connectivity index (χ2n) is 4.22. The van der Waals surface area contributed by atoms with Gasteiger partial charge in [-0.3, -0.25) is 4.79 Å². The fourth-order valence-corrected chi connectivity index (χ4v) is 2.17. The number of rotatable bonds is 6. The molecule has 0 aromatic heterocycles. The number of hydrogen-bond donors (Lipinski definition) is 2. The Labute approximate surface area is 91.0 Å². The number of carbonyl (C=O) groups is 1. The van der Waals surface area contributed by atoms with Crippen LogP contribution in [-0.4, -0.2) is 36.9 Å². The largest absolute Gasteiger partial charge is 0.480 e. The second kappa shape index (κ2) is 6.08. The smallest absolute Gasteiger partial charge is 0.323 e. The lowest BCUT2D eigenvalue weighted by Crippen LogP contribution is -2.53. The molecule has 2 N–H and O–H groups in total. The van der Waals surface area contributed by atoms with Gasteiger partial charge in [-0.25, -0.2) is 0 Å². The van der Waals surface area contributed by atoms with Crippen molar-refractivity contribution in [2.45, 2.75) is 44.1 Å². The molecular weight excluding hydrogens is 194 g/mol. The predicted molar refractivity (Wildman–Crippen MR) is 57.9 cm³/mol. The maximum Gasteiger partial charge on any atom is 0.323 e. The van der Waals surface area contributed by atoms with Crippen molar-refractivity contribution < 1.29 is 14.6 Å². The molecule has 0 radical (unpaired) electrons. The van der Waals surface area contributed by atoms with Crippen molar-refractivity contribution in [1.82, 2.24) is 5.32 Å². The highest BCUT2D eigenvalue weighted by Crippen LogP contribution is 2.28. The van der Waals surface area contributed by atoms with E-state index in [0.29, 0.717) is 6.61 Å². The lowest BCUT2D eigenvalue weighted by atomic mass is 9.81. The number of aliphatic carboxylic acids is 1. The van der Waals surface area contributed by atoms with E-state index < -0.39 is 11.5 Å². The molecular formula is C11H21NO3. The van der Waals surface area contributed by atoms with Gasteiger partial charge in [-0.1, -0.05) is 19.3 Å². The first-order valence-electron chi connectivity index (χ1n) is 5.69. The van der Waals surface area contributed by atoms with Crippen LogP contribution in [0.5, 0.6) is 0 Å². The van der Waals surface area contributed by atoms with Crippen LogP contribution in [0.4, 0.5) is 0 Å². The number of nitrogens with one attached hydrogen (secondary N) is 1. The van der Waals surface area contributed by atoms with E-state index in [9.17, 15) is 9.90 Å². The minimum absolute atomic E-state index is 0.661. The normalized spacial score (nSPS) is 20.1. The maximum atomic E-state index is 11.2. The number of hydrogen-bond acceptors (Lipinski definition) is 3. The lowest BCUT2D eigenvalue weighted by Gasteiger charge is -2.34. The van der Waals surface area contributed by atoms with Crippen molar-refractivity contribution in [3.63, 3.8) is 0 Å². The van der Waals surface area contributed by atoms with Crippen LogP contribution >= 0.6 is 0 Å². The minimum atomic E-state index is -0.695. The lowest BCUT2D eigenvalue weighted by molar-refractivity contribution is -0.146. The molecule has 0 saturated heterocycles. The van der Waals surface area contributed by atoms with E-state index in [0.717, 1.165) is 45.1 Å². The van der Waals surface area contributed by atoms with Crippen molar-refractivity contribution >= 4 is 5.97 Å². The molecule has 15 heavy (non-hydrogen) atoms. The first kappa shape index (κ1) is 12.5. The van der Waals surface area contributed by atoms with Crippen LogP contribution in [0.3, 0.4) is 0 Å². The van der Waals surface area contributed by atoms with Gasteiger partial charge in [0, 0.05) is 13.7 Å². The minimum Gasteiger partial charge on any atom is -0.480 e. The van der Waals surface area contributed by atoms with Gasteiger partial charge in [0.05, 0.1) is 0 Å². The Balaban J connectivity index is 2.39. The van der Waals surface area contributed by atoms with Crippen LogP contribution in [0.25, 0.3) is 0 Å². The van der Waals surface area contributed by atoms with Gasteiger partial charge in [0.15, 0.2) is 0 Å². The highest BCUT2D eigenvalue weighted by atomic mass is 16.5. The molecule has 0 aromatic carbocycles. The van der Waals surface area contributed by atoms with E-state index in [1.165, 1.54) is 0 Å². The van der Waals surface area contributed by atoms with E-state index >= 15 is 0 Å². The zero-order valence-corrected chi connectivity index (χ0v) is 9.42. The van der Waals surface area contributed by atoms with Crippen molar-refractivity contribution in [3.05, 3.63) is 0 Å². The molecule has 0 unspecified atom stereocenters. The van der Waals surface area contributed by atoms with Crippen LogP contribution in [0.2, 0.25) is 0 Å². The molecule has 0 spiro atoms. The average Bonchev–Trinajstić information content (AvgIpc) is 2.26. The summed E-state index contributed by atoms with van der Waals surface area (Å²) in [6, 6.07) is 0. The third kappa shape index (κ3) is 3.47. The predicted octanol–water partition coefficient (Wildman–Crippen LogP) is 1.40. The second-order valence-corrected chi connectivity index (χ2v) is 4.22. The van der Waals surface area contributed by atoms with Gasteiger partial charge in [-0.2, -0.15) is 0 Å². The monoisotopic (exact) mass is 215 g/mol. The van der Waals surface area contributed by atoms with Crippen LogP contribution in [0.1, 0.15) is 38.5 Å². The van der Waals surface area contributed by atoms with Gasteiger partial charge in [0.1, 0.15) is 5.54 Å². The molecule has 0 aliphatic heterocycles. The van der Waals surface area contributed by atoms with Crippen molar-refractivity contribution in [1.29, 1.82) is 0 Å². The molecule has 0 bridgehead atoms. The van der Waals surface area contributed by atoms with Crippen molar-refractivity contribution in [2.75, 3.05) is 20.3 Å². The Kier molecular flexibility index (Phi) is 5.05. The summed E-state index contributed by atoms with van der Waals surface area (Å²) in [7, 11) is 1.66. The van der Waals surface area contributed by atoms with E-state index in [1.807, 2.05) is 0 Å². The summed E-state index contributed by atoms with van der Waals surface area (Å²) in [5.74, 6) is -0.695. The Morgan fingerprint density at radius 3 is 2.60 bits per heavy atom. The van der Waals surface area contributed by atoms with E-state index in [2.05, 4.69) is 5.32 Å². The number of carboxylic acids is 1. The molecule has 0 atom stereocenters. The van der Waals surface area contributed by atoms with E-state index in [4.69, 9.17) is 4.74 Å². The summed E-state index contributed by atoms with van der Waals surface area (Å²) in [5, 5.41) is 12.4. The fourth-order valence-electron chi connectivity index (χ4n) is 2.17. The Morgan fingerprint density at radius 1 is 1.40 bits per heavy atom. The Bertz CT molecular complexity index is 200. The maximum absolute atomic E-state index is 11.2. The van der Waals surface area contributed by atoms with E-state index in [-0.39, 0.29) is 0 Å². The van der Waals surface area contributed by atoms with Crippen LogP contribution < -0.4 is 5.32 Å². The molecule has 4 nitrogen and oxygen atoms in total. The Hall–Kier alpha value is -0.610. The molecule has 1 aliphatic rings. The summed E-state index contributed by atoms with van der Waals surface area (Å²) in [4.78, 5) is 11.2. The molecule has 0 aromatic rings. The highest BCUT2D eigenvalue weighted by Gasteiger charge is 2.38. The van der Waals surface area contributed by atoms with Gasteiger partial charge in [-0.05, 0) is 25.8 Å². The standard InChI is InChI=1S/C11H21NO3/c1-15-9-5-8-12-11(10(13)14)6-3-2-4-7-11/h12H,2-9H2,1H3,(H,13,14). The van der Waals surface area contributed by atoms with Crippen LogP contribution in [0, 0.1) is 0 Å². The van der Waals surface area contributed by atoms with Gasteiger partial charge in [0.25, 0.3) is 0 Å². The molecule has 88 valence electrons. The number of methoxy groups -OCH3 is 1. The third-order valence-corrected chi connectivity index (χ3v) is 3.11. The molecule has 0 heterocycles. The first-order valence-corrected chi connectivity index (χ1v) is 5.69. The summed E-state index contributed by atoms with van der Waals surface area (Å²) in [5.41, 5.74) is -0.661. The summed E-state index contributed by atoms with van der Waals surface area (Å²) >= 11 is 0. The molecule has 4 heteroatoms. The van der Waals surface area contributed by atoms with Gasteiger partial charge in [0.2, 0.25) is 0 Å². The molecule has 1 aliphatic carbocycles. The zero-order valence-electron chi connectivity index (χ0n) is 9.42. The number of ether oxygens (including phenoxy) is 1. The van der Waals surface area contributed by atoms with Crippen LogP contribution in [-0.2, 0) is 9.53 Å². The van der Waals surface area contributed by atoms with Crippen molar-refractivity contribution in [3.8, 4) is 0 Å². The summed E-state index contributed by atoms with van der Waals surface area (Å²) in [6.45, 7) is 1.41. The summed E-state index contributed by atoms with van der Waals surface area (Å²) < 4.78 is 4.94. The quantitative estimate of drug-likeness (QED) is 0.658. The SMILES string of the molecule is COCCCNC1(C(=O)O)CCCCC1. The zero-order chi connectivity index (χ0) is 11.1. The number of carboxylic acid groups (broad SMARTS) is 1.